The van der Waals surface area contributed by atoms with Crippen LogP contribution in [0.3, 0.4) is 0 Å². The number of methoxy groups -OCH3 is 1. The Morgan fingerprint density at radius 2 is 2.39 bits per heavy atom. The molecular weight excluding hydrogens is 232 g/mol. The van der Waals surface area contributed by atoms with E-state index in [1.165, 1.54) is 7.11 Å². The van der Waals surface area contributed by atoms with E-state index in [1.54, 1.807) is 12.3 Å². The number of carbonyl (C=O) groups is 1. The molecule has 5 nitrogen and oxygen atoms in total. The molecule has 1 N–H and O–H groups in total. The molecule has 0 spiro atoms. The third kappa shape index (κ3) is 2.79. The first kappa shape index (κ1) is 12.8. The third-order valence-corrected chi connectivity index (χ3v) is 3.04. The monoisotopic (exact) mass is 250 g/mol. The number of aromatic nitrogens is 1. The summed E-state index contributed by atoms with van der Waals surface area (Å²) >= 11 is 0. The molecule has 1 aliphatic heterocycles. The summed E-state index contributed by atoms with van der Waals surface area (Å²) < 4.78 is 10.6. The minimum absolute atomic E-state index is 0.0662. The zero-order valence-corrected chi connectivity index (χ0v) is 10.7. The molecule has 1 fully saturated rings. The van der Waals surface area contributed by atoms with Gasteiger partial charge >= 0.3 is 5.97 Å². The lowest BCUT2D eigenvalue weighted by molar-refractivity contribution is 0.0588. The van der Waals surface area contributed by atoms with Gasteiger partial charge in [0.05, 0.1) is 7.11 Å². The second kappa shape index (κ2) is 5.82. The van der Waals surface area contributed by atoms with Crippen molar-refractivity contribution in [3.05, 3.63) is 23.4 Å². The summed E-state index contributed by atoms with van der Waals surface area (Å²) in [7, 11) is 1.36. The van der Waals surface area contributed by atoms with E-state index >= 15 is 0 Å². The average Bonchev–Trinajstić information content (AvgIpc) is 2.39. The van der Waals surface area contributed by atoms with Gasteiger partial charge in [0.2, 0.25) is 5.88 Å². The molecule has 1 aromatic rings. The maximum absolute atomic E-state index is 11.7. The fourth-order valence-corrected chi connectivity index (χ4v) is 2.05. The Labute approximate surface area is 107 Å². The van der Waals surface area contributed by atoms with Crippen LogP contribution in [-0.2, 0) is 4.74 Å². The number of carbonyl (C=O) groups excluding carboxylic acids is 1. The first-order chi connectivity index (χ1) is 8.72. The number of ether oxygens (including phenoxy) is 2. The van der Waals surface area contributed by atoms with Gasteiger partial charge in [-0.2, -0.15) is 0 Å². The van der Waals surface area contributed by atoms with E-state index < -0.39 is 5.97 Å². The van der Waals surface area contributed by atoms with Crippen LogP contribution in [0.1, 0.15) is 28.8 Å². The van der Waals surface area contributed by atoms with E-state index in [0.717, 1.165) is 31.5 Å². The molecule has 2 heterocycles. The van der Waals surface area contributed by atoms with Gasteiger partial charge in [-0.15, -0.1) is 0 Å². The lowest BCUT2D eigenvalue weighted by Gasteiger charge is -2.24. The van der Waals surface area contributed by atoms with E-state index in [4.69, 9.17) is 9.47 Å². The zero-order valence-electron chi connectivity index (χ0n) is 10.7. The van der Waals surface area contributed by atoms with Gasteiger partial charge in [0.15, 0.2) is 0 Å². The van der Waals surface area contributed by atoms with Crippen LogP contribution in [0.4, 0.5) is 0 Å². The largest absolute Gasteiger partial charge is 0.472 e. The fourth-order valence-electron chi connectivity index (χ4n) is 2.05. The molecule has 0 bridgehead atoms. The van der Waals surface area contributed by atoms with E-state index in [1.807, 2.05) is 6.92 Å². The topological polar surface area (TPSA) is 60.5 Å². The summed E-state index contributed by atoms with van der Waals surface area (Å²) in [4.78, 5) is 15.9. The molecule has 0 radical (unpaired) electrons. The Kier molecular flexibility index (Phi) is 4.15. The highest BCUT2D eigenvalue weighted by atomic mass is 16.5. The Bertz CT molecular complexity index is 428. The predicted molar refractivity (Wildman–Crippen MR) is 66.8 cm³/mol. The highest BCUT2D eigenvalue weighted by Crippen LogP contribution is 2.22. The number of pyridine rings is 1. The van der Waals surface area contributed by atoms with E-state index in [2.05, 4.69) is 10.3 Å². The molecule has 1 saturated heterocycles. The van der Waals surface area contributed by atoms with Crippen LogP contribution in [0.5, 0.6) is 5.88 Å². The van der Waals surface area contributed by atoms with Gasteiger partial charge < -0.3 is 14.8 Å². The number of hydrogen-bond donors (Lipinski definition) is 1. The summed E-state index contributed by atoms with van der Waals surface area (Å²) in [6, 6.07) is 1.78. The Hall–Kier alpha value is -1.62. The molecule has 2 rings (SSSR count). The van der Waals surface area contributed by atoms with Crippen molar-refractivity contribution in [1.82, 2.24) is 10.3 Å². The smallest absolute Gasteiger partial charge is 0.343 e. The standard InChI is InChI=1S/C13H18N2O3/c1-9-5-7-15-12(11(9)13(16)17-2)18-10-4-3-6-14-8-10/h5,7,10,14H,3-4,6,8H2,1-2H3. The maximum atomic E-state index is 11.7. The number of aryl methyl sites for hydroxylation is 1. The minimum Gasteiger partial charge on any atom is -0.472 e. The van der Waals surface area contributed by atoms with E-state index in [-0.39, 0.29) is 6.10 Å². The Morgan fingerprint density at radius 1 is 1.56 bits per heavy atom. The molecule has 0 saturated carbocycles. The van der Waals surface area contributed by atoms with Crippen molar-refractivity contribution in [1.29, 1.82) is 0 Å². The molecule has 1 aromatic heterocycles. The van der Waals surface area contributed by atoms with Gasteiger partial charge in [-0.05, 0) is 37.9 Å². The number of hydrogen-bond acceptors (Lipinski definition) is 5. The van der Waals surface area contributed by atoms with Crippen molar-refractivity contribution >= 4 is 5.97 Å². The number of nitrogens with one attached hydrogen (secondary N) is 1. The molecular formula is C13H18N2O3. The second-order valence-corrected chi connectivity index (χ2v) is 4.39. The fraction of sp³-hybridized carbons (Fsp3) is 0.538. The lowest BCUT2D eigenvalue weighted by atomic mass is 10.1. The highest BCUT2D eigenvalue weighted by molar-refractivity contribution is 5.93. The molecule has 0 amide bonds. The average molecular weight is 250 g/mol. The predicted octanol–water partition coefficient (Wildman–Crippen LogP) is 1.31. The molecule has 0 aromatic carbocycles. The van der Waals surface area contributed by atoms with E-state index in [0.29, 0.717) is 11.4 Å². The first-order valence-corrected chi connectivity index (χ1v) is 6.13. The third-order valence-electron chi connectivity index (χ3n) is 3.04. The van der Waals surface area contributed by atoms with Crippen molar-refractivity contribution in [2.75, 3.05) is 20.2 Å². The van der Waals surface area contributed by atoms with Gasteiger partial charge in [0.1, 0.15) is 11.7 Å². The van der Waals surface area contributed by atoms with Gasteiger partial charge in [-0.1, -0.05) is 0 Å². The first-order valence-electron chi connectivity index (χ1n) is 6.13. The van der Waals surface area contributed by atoms with Crippen molar-refractivity contribution < 1.29 is 14.3 Å². The quantitative estimate of drug-likeness (QED) is 0.819. The van der Waals surface area contributed by atoms with Crippen molar-refractivity contribution in [2.24, 2.45) is 0 Å². The van der Waals surface area contributed by atoms with Gasteiger partial charge in [-0.3, -0.25) is 0 Å². The maximum Gasteiger partial charge on any atom is 0.343 e. The highest BCUT2D eigenvalue weighted by Gasteiger charge is 2.21. The normalized spacial score (nSPS) is 19.3. The number of piperidine rings is 1. The zero-order chi connectivity index (χ0) is 13.0. The summed E-state index contributed by atoms with van der Waals surface area (Å²) in [6.45, 7) is 3.65. The number of esters is 1. The molecule has 1 aliphatic rings. The van der Waals surface area contributed by atoms with Crippen LogP contribution < -0.4 is 10.1 Å². The van der Waals surface area contributed by atoms with Gasteiger partial charge in [-0.25, -0.2) is 9.78 Å². The van der Waals surface area contributed by atoms with Gasteiger partial charge in [0.25, 0.3) is 0 Å². The Balaban J connectivity index is 2.20. The minimum atomic E-state index is -0.403. The van der Waals surface area contributed by atoms with Crippen LogP contribution in [0.2, 0.25) is 0 Å². The van der Waals surface area contributed by atoms with Crippen LogP contribution in [0.25, 0.3) is 0 Å². The Morgan fingerprint density at radius 3 is 3.06 bits per heavy atom. The second-order valence-electron chi connectivity index (χ2n) is 4.39. The number of nitrogens with zero attached hydrogens (tertiary/aromatic N) is 1. The van der Waals surface area contributed by atoms with Crippen LogP contribution in [0.15, 0.2) is 12.3 Å². The SMILES string of the molecule is COC(=O)c1c(C)ccnc1OC1CCCNC1. The molecule has 0 aliphatic carbocycles. The summed E-state index contributed by atoms with van der Waals surface area (Å²) in [6.07, 6.45) is 3.76. The summed E-state index contributed by atoms with van der Waals surface area (Å²) in [5.74, 6) is -0.0325. The van der Waals surface area contributed by atoms with Gasteiger partial charge in [0, 0.05) is 12.7 Å². The molecule has 5 heteroatoms. The van der Waals surface area contributed by atoms with Crippen LogP contribution in [-0.4, -0.2) is 37.3 Å². The van der Waals surface area contributed by atoms with Crippen molar-refractivity contribution in [3.8, 4) is 5.88 Å². The van der Waals surface area contributed by atoms with Crippen LogP contribution in [0, 0.1) is 6.92 Å². The molecule has 1 atom stereocenters. The molecule has 98 valence electrons. The summed E-state index contributed by atoms with van der Waals surface area (Å²) in [5, 5.41) is 3.26. The lowest BCUT2D eigenvalue weighted by Crippen LogP contribution is -2.37. The van der Waals surface area contributed by atoms with Crippen molar-refractivity contribution in [2.45, 2.75) is 25.9 Å². The van der Waals surface area contributed by atoms with Crippen molar-refractivity contribution in [3.63, 3.8) is 0 Å². The molecule has 18 heavy (non-hydrogen) atoms. The number of rotatable bonds is 3. The van der Waals surface area contributed by atoms with E-state index in [9.17, 15) is 4.79 Å². The summed E-state index contributed by atoms with van der Waals surface area (Å²) in [5.41, 5.74) is 1.24. The molecule has 1 unspecified atom stereocenters. The van der Waals surface area contributed by atoms with Crippen LogP contribution >= 0.6 is 0 Å².